The quantitative estimate of drug-likeness (QED) is 0.0293. The normalized spacial score (nSPS) is 19.5. The van der Waals surface area contributed by atoms with Gasteiger partial charge in [0.25, 0.3) is 0 Å². The summed E-state index contributed by atoms with van der Waals surface area (Å²) in [5.41, 5.74) is 5.75. The average molecular weight is 1910 g/mol. The van der Waals surface area contributed by atoms with Gasteiger partial charge in [-0.05, 0) is 219 Å². The first-order valence-electron chi connectivity index (χ1n) is 46.1. The van der Waals surface area contributed by atoms with Gasteiger partial charge in [0.05, 0.1) is 120 Å². The number of aryl methyl sites for hydroxylation is 8. The van der Waals surface area contributed by atoms with Crippen LogP contribution in [0.15, 0.2) is 90.7 Å². The standard InChI is InChI=1S/C28H30F2N4O3S.C27H28F2N4O4S.C25H32F2N2O4.C20H24F2N2O2/c1-15(35)21-13-34(2)26-23(30)10-22(29)20(25(26)27(21)37)8-5-16-3-6-17(7-4-16)31-11-18-12-32-28-24(33-18)9-19(36)14-38-28;1-33-12-19(27(36)37)25(35)23-18(20(28)9-21(29)24(23)33)7-4-14-2-5-15(6-3-14)30-10-16-11-31-26-22(32-16)8-17(34)13-38-26;1-14(30)18-13-29(5)22-20(27)12-19(26)17(21(22)23(18)31)11-8-15-6-9-16(10-7-15)28-24(32)33-25(2,3)4;1-11(25)15-10-24(2)19-17(22)9-16(21)14(18(19)20(15)26)8-5-12-3-6-13(23)7-4-12/h10,12-13,16-17,31H,3-9,11,14H2,1-2H3;9,11-12,14-15,30H,2-8,10,13H2,1H3,(H,36,37);12-13,15-16H,6-11H2,1-5H3,(H,28,32);9-10,12-13H,3-8,23H2,1-2H3. The molecule has 6 aliphatic rings. The van der Waals surface area contributed by atoms with Crippen molar-refractivity contribution in [2.75, 3.05) is 11.5 Å². The number of aromatic nitrogens is 8. The zero-order valence-corrected chi connectivity index (χ0v) is 79.1. The predicted molar refractivity (Wildman–Crippen MR) is 500 cm³/mol. The van der Waals surface area contributed by atoms with E-state index < -0.39 is 109 Å². The van der Waals surface area contributed by atoms with Gasteiger partial charge in [0.15, 0.2) is 40.6 Å². The van der Waals surface area contributed by atoms with Gasteiger partial charge in [-0.15, -0.1) is 0 Å². The maximum absolute atomic E-state index is 14.9. The van der Waals surface area contributed by atoms with Crippen LogP contribution >= 0.6 is 23.5 Å². The van der Waals surface area contributed by atoms with Gasteiger partial charge in [-0.25, -0.2) is 54.7 Å². The van der Waals surface area contributed by atoms with Crippen molar-refractivity contribution in [1.29, 1.82) is 0 Å². The molecule has 2 aliphatic heterocycles. The van der Waals surface area contributed by atoms with Crippen molar-refractivity contribution < 1.29 is 78.5 Å². The molecule has 720 valence electrons. The molecule has 25 nitrogen and oxygen atoms in total. The fourth-order valence-corrected chi connectivity index (χ4v) is 21.3. The minimum absolute atomic E-state index is 0.00617. The molecule has 135 heavy (non-hydrogen) atoms. The molecular weight excluding hydrogens is 1790 g/mol. The number of hydrogen-bond donors (Lipinski definition) is 5. The molecule has 0 saturated heterocycles. The molecule has 4 aromatic carbocycles. The maximum atomic E-state index is 14.9. The number of carbonyl (C=O) groups is 7. The number of benzene rings is 4. The van der Waals surface area contributed by atoms with Gasteiger partial charge in [0.1, 0.15) is 56.1 Å². The largest absolute Gasteiger partial charge is 0.477 e. The van der Waals surface area contributed by atoms with Crippen molar-refractivity contribution in [3.63, 3.8) is 0 Å². The van der Waals surface area contributed by atoms with Crippen LogP contribution in [-0.2, 0) is 94.1 Å². The number of carboxylic acids is 1. The van der Waals surface area contributed by atoms with Crippen LogP contribution in [0.25, 0.3) is 43.6 Å². The lowest BCUT2D eigenvalue weighted by Gasteiger charge is -2.30. The van der Waals surface area contributed by atoms with Crippen molar-refractivity contribution in [2.45, 2.75) is 261 Å². The Labute approximate surface area is 783 Å². The number of ether oxygens (including phenoxy) is 1. The van der Waals surface area contributed by atoms with Gasteiger partial charge in [-0.1, -0.05) is 23.5 Å². The third-order valence-corrected chi connectivity index (χ3v) is 29.0. The van der Waals surface area contributed by atoms with Gasteiger partial charge in [0.2, 0.25) is 21.7 Å². The molecule has 0 unspecified atom stereocenters. The lowest BCUT2D eigenvalue weighted by molar-refractivity contribution is -0.117. The summed E-state index contributed by atoms with van der Waals surface area (Å²) in [6, 6.07) is 4.15. The van der Waals surface area contributed by atoms with Crippen molar-refractivity contribution in [3.05, 3.63) is 216 Å². The molecule has 10 aromatic rings. The number of amides is 1. The maximum Gasteiger partial charge on any atom is 0.407 e. The van der Waals surface area contributed by atoms with E-state index in [1.165, 1.54) is 95.2 Å². The van der Waals surface area contributed by atoms with E-state index >= 15 is 0 Å². The van der Waals surface area contributed by atoms with E-state index in [1.807, 2.05) is 20.8 Å². The van der Waals surface area contributed by atoms with E-state index in [-0.39, 0.29) is 119 Å². The Morgan fingerprint density at radius 3 is 1.00 bits per heavy atom. The van der Waals surface area contributed by atoms with E-state index in [0.717, 1.165) is 172 Å². The number of thioether (sulfide) groups is 2. The Morgan fingerprint density at radius 1 is 0.430 bits per heavy atom. The van der Waals surface area contributed by atoms with Crippen LogP contribution in [-0.4, -0.2) is 126 Å². The SMILES string of the molecule is CC(=O)c1cn(C)c2c(F)cc(F)c(CCC3CCC(N)CC3)c2c1=O.CC(=O)c1cn(C)c2c(F)cc(F)c(CCC3CCC(NC(=O)OC(C)(C)C)CC3)c2c1=O.CC(=O)c1cn(C)c2c(F)cc(F)c(CCC3CCC(NCc4cnc5c(n4)CC(=O)CS5)CC3)c2c1=O.Cn1cc(C(=O)O)c(=O)c2c(CCC3CCC(NCc4cnc5c(n4)CC(=O)CS5)CC3)c(F)cc(F)c21. The number of alkyl carbamates (subject to hydrolysis) is 1. The highest BCUT2D eigenvalue weighted by Crippen LogP contribution is 2.38. The molecule has 0 atom stereocenters. The van der Waals surface area contributed by atoms with Crippen LogP contribution in [0, 0.1) is 70.2 Å². The Kier molecular flexibility index (Phi) is 33.0. The van der Waals surface area contributed by atoms with Crippen LogP contribution in [0.4, 0.5) is 39.9 Å². The number of fused-ring (bicyclic) bond motifs is 6. The van der Waals surface area contributed by atoms with Crippen LogP contribution < -0.4 is 43.4 Å². The summed E-state index contributed by atoms with van der Waals surface area (Å²) in [6.07, 6.45) is 27.2. The lowest BCUT2D eigenvalue weighted by Crippen LogP contribution is -2.41. The highest BCUT2D eigenvalue weighted by atomic mass is 32.2. The van der Waals surface area contributed by atoms with Crippen LogP contribution in [0.2, 0.25) is 0 Å². The van der Waals surface area contributed by atoms with E-state index in [1.54, 1.807) is 26.5 Å². The molecule has 4 fully saturated rings. The molecule has 0 radical (unpaired) electrons. The summed E-state index contributed by atoms with van der Waals surface area (Å²) in [5.74, 6) is -6.44. The fraction of sp³-hybridized carbons (Fsp3) is 0.490. The smallest absolute Gasteiger partial charge is 0.407 e. The van der Waals surface area contributed by atoms with Gasteiger partial charge in [-0.2, -0.15) is 0 Å². The molecule has 4 saturated carbocycles. The van der Waals surface area contributed by atoms with E-state index in [2.05, 4.69) is 35.9 Å². The summed E-state index contributed by atoms with van der Waals surface area (Å²) in [6.45, 7) is 10.4. The van der Waals surface area contributed by atoms with Gasteiger partial charge < -0.3 is 49.8 Å². The number of rotatable bonds is 23. The second kappa shape index (κ2) is 44.0. The number of aromatic carboxylic acids is 1. The van der Waals surface area contributed by atoms with Crippen LogP contribution in [0.5, 0.6) is 0 Å². The number of Topliss-reactive ketones (excluding diaryl/α,β-unsaturated/α-hetero) is 5. The molecule has 0 bridgehead atoms. The molecule has 35 heteroatoms. The number of carbonyl (C=O) groups excluding carboxylic acids is 6. The van der Waals surface area contributed by atoms with Gasteiger partial charge >= 0.3 is 12.1 Å². The molecule has 1 amide bonds. The predicted octanol–water partition coefficient (Wildman–Crippen LogP) is 16.6. The number of nitrogens with two attached hydrogens (primary N) is 1. The molecule has 16 rings (SSSR count). The first kappa shape index (κ1) is 101. The zero-order chi connectivity index (χ0) is 97.5. The Hall–Kier alpha value is -11.0. The van der Waals surface area contributed by atoms with Gasteiger partial charge in [0, 0.05) is 137 Å². The summed E-state index contributed by atoms with van der Waals surface area (Å²) >= 11 is 2.87. The Balaban J connectivity index is 0.000000154. The Bertz CT molecular complexity index is 6320. The van der Waals surface area contributed by atoms with Crippen molar-refractivity contribution in [3.8, 4) is 0 Å². The minimum Gasteiger partial charge on any atom is -0.477 e. The zero-order valence-electron chi connectivity index (χ0n) is 77.4. The summed E-state index contributed by atoms with van der Waals surface area (Å²) in [7, 11) is 6.10. The molecule has 6 N–H and O–H groups in total. The summed E-state index contributed by atoms with van der Waals surface area (Å²) in [5, 5.41) is 20.8. The number of halogens is 8. The van der Waals surface area contributed by atoms with E-state index in [0.29, 0.717) is 105 Å². The highest BCUT2D eigenvalue weighted by molar-refractivity contribution is 8.00. The second-order valence-corrected chi connectivity index (χ2v) is 39.7. The average Bonchev–Trinajstić information content (AvgIpc) is 0.764. The van der Waals surface area contributed by atoms with E-state index in [4.69, 9.17) is 10.5 Å². The third kappa shape index (κ3) is 24.3. The number of ketones is 5. The summed E-state index contributed by atoms with van der Waals surface area (Å²) < 4.78 is 128. The third-order valence-electron chi connectivity index (χ3n) is 26.9. The van der Waals surface area contributed by atoms with E-state index in [9.17, 15) is 93.0 Å². The Morgan fingerprint density at radius 2 is 0.711 bits per heavy atom. The number of pyridine rings is 4. The van der Waals surface area contributed by atoms with Crippen molar-refractivity contribution in [2.24, 2.45) is 57.6 Å². The van der Waals surface area contributed by atoms with Crippen molar-refractivity contribution in [1.82, 2.24) is 54.2 Å². The topological polar surface area (TPSA) is 351 Å². The van der Waals surface area contributed by atoms with Gasteiger partial charge in [-0.3, -0.25) is 53.1 Å². The number of carboxylic acid groups (broad SMARTS) is 1. The fourth-order valence-electron chi connectivity index (χ4n) is 19.7. The first-order chi connectivity index (χ1) is 64.1. The first-order valence-corrected chi connectivity index (χ1v) is 48.0. The summed E-state index contributed by atoms with van der Waals surface area (Å²) in [4.78, 5) is 152. The monoisotopic (exact) mass is 1910 g/mol. The van der Waals surface area contributed by atoms with Crippen LogP contribution in [0.3, 0.4) is 0 Å². The van der Waals surface area contributed by atoms with Crippen molar-refractivity contribution >= 4 is 108 Å². The number of hydrogen-bond acceptors (Lipinski definition) is 21. The second-order valence-electron chi connectivity index (χ2n) is 37.8. The molecule has 0 spiro atoms. The molecular formula is C100H114F8N12O13S2. The molecule has 8 heterocycles. The number of nitrogens with zero attached hydrogens (tertiary/aromatic N) is 8. The molecule has 4 aliphatic carbocycles. The number of nitrogens with one attached hydrogen (secondary N) is 3. The molecule has 6 aromatic heterocycles. The van der Waals surface area contributed by atoms with Crippen LogP contribution in [0.1, 0.15) is 256 Å². The highest BCUT2D eigenvalue weighted by Gasteiger charge is 2.33. The lowest BCUT2D eigenvalue weighted by atomic mass is 9.82. The minimum atomic E-state index is -1.43.